The molecule has 21 heavy (non-hydrogen) atoms. The van der Waals surface area contributed by atoms with E-state index >= 15 is 0 Å². The lowest BCUT2D eigenvalue weighted by Gasteiger charge is -2.10. The number of hydrogen-bond donors (Lipinski definition) is 1. The van der Waals surface area contributed by atoms with Crippen LogP contribution in [-0.2, 0) is 6.54 Å². The fourth-order valence-electron chi connectivity index (χ4n) is 2.10. The van der Waals surface area contributed by atoms with E-state index in [0.717, 1.165) is 22.5 Å². The van der Waals surface area contributed by atoms with Crippen LogP contribution in [0.1, 0.15) is 11.1 Å². The Hall–Kier alpha value is -2.69. The second-order valence-electron chi connectivity index (χ2n) is 4.81. The number of benzene rings is 2. The van der Waals surface area contributed by atoms with Gasteiger partial charge in [0.25, 0.3) is 0 Å². The molecule has 0 unspecified atom stereocenters. The molecule has 1 aromatic heterocycles. The van der Waals surface area contributed by atoms with Crippen LogP contribution in [0.4, 0.5) is 10.1 Å². The minimum atomic E-state index is -0.209. The van der Waals surface area contributed by atoms with Gasteiger partial charge in [0.15, 0.2) is 0 Å². The molecule has 1 N–H and O–H groups in total. The maximum atomic E-state index is 13.2. The molecule has 3 aromatic rings. The minimum Gasteiger partial charge on any atom is -0.381 e. The highest BCUT2D eigenvalue weighted by Gasteiger charge is 2.01. The molecule has 4 nitrogen and oxygen atoms in total. The van der Waals surface area contributed by atoms with Crippen LogP contribution in [-0.4, -0.2) is 14.8 Å². The Bertz CT molecular complexity index is 721. The molecule has 106 valence electrons. The Morgan fingerprint density at radius 2 is 1.95 bits per heavy atom. The van der Waals surface area contributed by atoms with E-state index in [0.29, 0.717) is 6.54 Å². The molecule has 0 aliphatic rings. The molecule has 0 fully saturated rings. The van der Waals surface area contributed by atoms with Crippen LogP contribution >= 0.6 is 0 Å². The molecule has 0 aliphatic heterocycles. The third kappa shape index (κ3) is 3.08. The highest BCUT2D eigenvalue weighted by atomic mass is 19.1. The summed E-state index contributed by atoms with van der Waals surface area (Å²) in [6, 6.07) is 12.7. The standard InChI is InChI=1S/C16H15FN4/c1-12-2-3-14(17)8-13(12)9-19-15-4-6-16(7-5-15)21-11-18-10-20-21/h2-8,10-11,19H,9H2,1H3. The van der Waals surface area contributed by atoms with E-state index < -0.39 is 0 Å². The summed E-state index contributed by atoms with van der Waals surface area (Å²) in [5.74, 6) is -0.209. The molecule has 5 heteroatoms. The van der Waals surface area contributed by atoms with E-state index in [4.69, 9.17) is 0 Å². The second-order valence-corrected chi connectivity index (χ2v) is 4.81. The molecule has 0 bridgehead atoms. The normalized spacial score (nSPS) is 10.6. The van der Waals surface area contributed by atoms with Crippen molar-refractivity contribution in [3.63, 3.8) is 0 Å². The van der Waals surface area contributed by atoms with Crippen LogP contribution in [0.2, 0.25) is 0 Å². The van der Waals surface area contributed by atoms with Crippen molar-refractivity contribution in [2.24, 2.45) is 0 Å². The number of aromatic nitrogens is 3. The van der Waals surface area contributed by atoms with E-state index in [1.165, 1.54) is 12.4 Å². The highest BCUT2D eigenvalue weighted by molar-refractivity contribution is 5.49. The molecule has 1 heterocycles. The Morgan fingerprint density at radius 3 is 2.67 bits per heavy atom. The molecule has 3 rings (SSSR count). The van der Waals surface area contributed by atoms with Gasteiger partial charge in [-0.25, -0.2) is 14.1 Å². The van der Waals surface area contributed by atoms with Crippen molar-refractivity contribution < 1.29 is 4.39 Å². The van der Waals surface area contributed by atoms with Crippen LogP contribution in [0.15, 0.2) is 55.1 Å². The smallest absolute Gasteiger partial charge is 0.138 e. The Balaban J connectivity index is 1.70. The summed E-state index contributed by atoms with van der Waals surface area (Å²) in [6.07, 6.45) is 3.15. The van der Waals surface area contributed by atoms with Crippen molar-refractivity contribution in [1.82, 2.24) is 14.8 Å². The van der Waals surface area contributed by atoms with Crippen molar-refractivity contribution in [3.8, 4) is 5.69 Å². The minimum absolute atomic E-state index is 0.209. The van der Waals surface area contributed by atoms with E-state index in [9.17, 15) is 4.39 Å². The molecular weight excluding hydrogens is 267 g/mol. The molecule has 0 saturated heterocycles. The summed E-state index contributed by atoms with van der Waals surface area (Å²) in [4.78, 5) is 3.92. The maximum Gasteiger partial charge on any atom is 0.138 e. The molecule has 2 aromatic carbocycles. The summed E-state index contributed by atoms with van der Waals surface area (Å²) in [5, 5.41) is 7.36. The molecule has 0 spiro atoms. The van der Waals surface area contributed by atoms with Crippen LogP contribution in [0, 0.1) is 12.7 Å². The van der Waals surface area contributed by atoms with Gasteiger partial charge >= 0.3 is 0 Å². The van der Waals surface area contributed by atoms with Crippen molar-refractivity contribution in [2.75, 3.05) is 5.32 Å². The predicted octanol–water partition coefficient (Wildman–Crippen LogP) is 3.33. The van der Waals surface area contributed by atoms with E-state index in [2.05, 4.69) is 15.4 Å². The van der Waals surface area contributed by atoms with Crippen LogP contribution in [0.5, 0.6) is 0 Å². The quantitative estimate of drug-likeness (QED) is 0.798. The van der Waals surface area contributed by atoms with Crippen LogP contribution in [0.3, 0.4) is 0 Å². The molecule has 0 atom stereocenters. The van der Waals surface area contributed by atoms with Gasteiger partial charge in [-0.2, -0.15) is 5.10 Å². The van der Waals surface area contributed by atoms with E-state index in [1.807, 2.05) is 31.2 Å². The third-order valence-corrected chi connectivity index (χ3v) is 3.34. The zero-order valence-electron chi connectivity index (χ0n) is 11.6. The van der Waals surface area contributed by atoms with Gasteiger partial charge < -0.3 is 5.32 Å². The lowest BCUT2D eigenvalue weighted by molar-refractivity contribution is 0.625. The summed E-state index contributed by atoms with van der Waals surface area (Å²) in [6.45, 7) is 2.57. The van der Waals surface area contributed by atoms with Gasteiger partial charge in [0.05, 0.1) is 5.69 Å². The first kappa shape index (κ1) is 13.3. The van der Waals surface area contributed by atoms with Crippen molar-refractivity contribution in [1.29, 1.82) is 0 Å². The average molecular weight is 282 g/mol. The molecule has 0 saturated carbocycles. The Labute approximate surface area is 122 Å². The Kier molecular flexibility index (Phi) is 3.64. The van der Waals surface area contributed by atoms with E-state index in [1.54, 1.807) is 23.1 Å². The first-order chi connectivity index (χ1) is 10.2. The van der Waals surface area contributed by atoms with E-state index in [-0.39, 0.29) is 5.82 Å². The molecular formula is C16H15FN4. The average Bonchev–Trinajstić information content (AvgIpc) is 3.03. The topological polar surface area (TPSA) is 42.7 Å². The summed E-state index contributed by atoms with van der Waals surface area (Å²) in [7, 11) is 0. The van der Waals surface area contributed by atoms with Gasteiger partial charge in [0.2, 0.25) is 0 Å². The number of rotatable bonds is 4. The van der Waals surface area contributed by atoms with Gasteiger partial charge in [-0.1, -0.05) is 6.07 Å². The zero-order valence-corrected chi connectivity index (χ0v) is 11.6. The number of nitrogens with one attached hydrogen (secondary N) is 1. The van der Waals surface area contributed by atoms with Gasteiger partial charge in [0.1, 0.15) is 18.5 Å². The summed E-state index contributed by atoms with van der Waals surface area (Å²) >= 11 is 0. The predicted molar refractivity (Wildman–Crippen MR) is 79.8 cm³/mol. The number of halogens is 1. The van der Waals surface area contributed by atoms with Gasteiger partial charge in [-0.3, -0.25) is 0 Å². The number of aryl methyl sites for hydroxylation is 1. The van der Waals surface area contributed by atoms with Gasteiger partial charge in [-0.05, 0) is 54.4 Å². The molecule has 0 amide bonds. The highest BCUT2D eigenvalue weighted by Crippen LogP contribution is 2.15. The third-order valence-electron chi connectivity index (χ3n) is 3.34. The first-order valence-electron chi connectivity index (χ1n) is 6.66. The fourth-order valence-corrected chi connectivity index (χ4v) is 2.10. The van der Waals surface area contributed by atoms with Crippen molar-refractivity contribution in [2.45, 2.75) is 13.5 Å². The monoisotopic (exact) mass is 282 g/mol. The number of hydrogen-bond acceptors (Lipinski definition) is 3. The van der Waals surface area contributed by atoms with Crippen molar-refractivity contribution >= 4 is 5.69 Å². The van der Waals surface area contributed by atoms with Gasteiger partial charge in [-0.15, -0.1) is 0 Å². The number of anilines is 1. The Morgan fingerprint density at radius 1 is 1.14 bits per heavy atom. The lowest BCUT2D eigenvalue weighted by Crippen LogP contribution is -2.02. The summed E-state index contributed by atoms with van der Waals surface area (Å²) < 4.78 is 14.9. The van der Waals surface area contributed by atoms with Crippen molar-refractivity contribution in [3.05, 3.63) is 72.1 Å². The second kappa shape index (κ2) is 5.75. The summed E-state index contributed by atoms with van der Waals surface area (Å²) in [5.41, 5.74) is 3.95. The fraction of sp³-hybridized carbons (Fsp3) is 0.125. The van der Waals surface area contributed by atoms with Gasteiger partial charge in [0, 0.05) is 12.2 Å². The SMILES string of the molecule is Cc1ccc(F)cc1CNc1ccc(-n2cncn2)cc1. The first-order valence-corrected chi connectivity index (χ1v) is 6.66. The van der Waals surface area contributed by atoms with Crippen LogP contribution in [0.25, 0.3) is 5.69 Å². The van der Waals surface area contributed by atoms with Crippen LogP contribution < -0.4 is 5.32 Å². The zero-order chi connectivity index (χ0) is 14.7. The largest absolute Gasteiger partial charge is 0.381 e. The lowest BCUT2D eigenvalue weighted by atomic mass is 10.1. The number of nitrogens with zero attached hydrogens (tertiary/aromatic N) is 3. The molecule has 0 radical (unpaired) electrons. The maximum absolute atomic E-state index is 13.2. The molecule has 0 aliphatic carbocycles.